The van der Waals surface area contributed by atoms with Gasteiger partial charge in [0, 0.05) is 30.2 Å². The zero-order valence-corrected chi connectivity index (χ0v) is 19.4. The number of methoxy groups -OCH3 is 1. The van der Waals surface area contributed by atoms with Gasteiger partial charge in [0.25, 0.3) is 0 Å². The molecule has 0 aliphatic carbocycles. The molecule has 4 aromatic rings. The molecule has 4 rings (SSSR count). The largest absolute Gasteiger partial charge is 0.456 e. The number of rotatable bonds is 8. The first-order chi connectivity index (χ1) is 16.9. The van der Waals surface area contributed by atoms with Crippen LogP contribution in [0.5, 0.6) is 0 Å². The van der Waals surface area contributed by atoms with Gasteiger partial charge in [0.2, 0.25) is 5.89 Å². The number of benzene rings is 2. The number of oxazole rings is 1. The number of halogens is 2. The zero-order chi connectivity index (χ0) is 24.8. The van der Waals surface area contributed by atoms with E-state index in [1.54, 1.807) is 24.4 Å². The van der Waals surface area contributed by atoms with Crippen LogP contribution in [-0.4, -0.2) is 35.3 Å². The van der Waals surface area contributed by atoms with Gasteiger partial charge in [-0.15, -0.1) is 0 Å². The number of amides is 1. The van der Waals surface area contributed by atoms with E-state index in [1.807, 2.05) is 22.8 Å². The lowest BCUT2D eigenvalue weighted by Gasteiger charge is -2.08. The van der Waals surface area contributed by atoms with Gasteiger partial charge in [-0.2, -0.15) is 0 Å². The maximum absolute atomic E-state index is 13.2. The number of hydrogen-bond acceptors (Lipinski definition) is 6. The summed E-state index contributed by atoms with van der Waals surface area (Å²) in [5.41, 5.74) is 2.53. The van der Waals surface area contributed by atoms with E-state index >= 15 is 0 Å². The van der Waals surface area contributed by atoms with Crippen molar-refractivity contribution in [3.05, 3.63) is 94.6 Å². The Bertz CT molecular complexity index is 1380. The van der Waals surface area contributed by atoms with Crippen LogP contribution in [0.1, 0.15) is 27.5 Å². The SMILES string of the molecule is COC(=O)NC/C=C\c1nc(C(=O)OCc2cccc3c2c(Cl)cn3Cc2ccc(F)cc2)co1. The zero-order valence-electron chi connectivity index (χ0n) is 18.7. The topological polar surface area (TPSA) is 95.6 Å². The van der Waals surface area contributed by atoms with E-state index in [4.69, 9.17) is 20.8 Å². The van der Waals surface area contributed by atoms with Crippen LogP contribution in [-0.2, 0) is 22.6 Å². The third-order valence-electron chi connectivity index (χ3n) is 5.11. The van der Waals surface area contributed by atoms with Crippen molar-refractivity contribution >= 4 is 40.6 Å². The first kappa shape index (κ1) is 24.0. The second-order valence-electron chi connectivity index (χ2n) is 7.46. The molecule has 0 atom stereocenters. The molecule has 0 saturated carbocycles. The second-order valence-corrected chi connectivity index (χ2v) is 7.87. The molecule has 2 aromatic heterocycles. The molecule has 180 valence electrons. The number of nitrogens with one attached hydrogen (secondary N) is 1. The van der Waals surface area contributed by atoms with Crippen molar-refractivity contribution in [3.8, 4) is 0 Å². The Hall–Kier alpha value is -4.11. The summed E-state index contributed by atoms with van der Waals surface area (Å²) in [6.07, 6.45) is 5.54. The third kappa shape index (κ3) is 5.88. The monoisotopic (exact) mass is 497 g/mol. The number of fused-ring (bicyclic) bond motifs is 1. The molecule has 0 bridgehead atoms. The number of alkyl carbamates (subject to hydrolysis) is 1. The minimum absolute atomic E-state index is 0.0118. The van der Waals surface area contributed by atoms with E-state index in [9.17, 15) is 14.0 Å². The molecule has 10 heteroatoms. The molecule has 35 heavy (non-hydrogen) atoms. The predicted molar refractivity (Wildman–Crippen MR) is 128 cm³/mol. The van der Waals surface area contributed by atoms with Crippen LogP contribution in [0.3, 0.4) is 0 Å². The van der Waals surface area contributed by atoms with E-state index in [2.05, 4.69) is 15.0 Å². The van der Waals surface area contributed by atoms with Gasteiger partial charge in [-0.25, -0.2) is 19.0 Å². The van der Waals surface area contributed by atoms with E-state index in [-0.39, 0.29) is 30.6 Å². The molecule has 0 fully saturated rings. The molecular formula is C25H21ClFN3O5. The number of carbonyl (C=O) groups excluding carboxylic acids is 2. The Balaban J connectivity index is 1.42. The van der Waals surface area contributed by atoms with Gasteiger partial charge in [0.1, 0.15) is 18.7 Å². The standard InChI is InChI=1S/C25H21ClFN3O5/c1-33-25(32)28-11-3-6-22-29-20(15-34-22)24(31)35-14-17-4-2-5-21-23(17)19(26)13-30(21)12-16-7-9-18(27)10-8-16/h2-10,13,15H,11-12,14H2,1H3,(H,28,32)/b6-3-. The van der Waals surface area contributed by atoms with E-state index in [0.717, 1.165) is 22.0 Å². The number of nitrogens with zero attached hydrogens (tertiary/aromatic N) is 2. The van der Waals surface area contributed by atoms with Crippen LogP contribution in [0.2, 0.25) is 5.02 Å². The average molecular weight is 498 g/mol. The molecule has 0 aliphatic heterocycles. The highest BCUT2D eigenvalue weighted by atomic mass is 35.5. The lowest BCUT2D eigenvalue weighted by Crippen LogP contribution is -2.22. The Labute approximate surface area is 204 Å². The highest BCUT2D eigenvalue weighted by molar-refractivity contribution is 6.36. The molecule has 0 unspecified atom stereocenters. The Kier molecular flexibility index (Phi) is 7.47. The smallest absolute Gasteiger partial charge is 0.407 e. The molecule has 0 spiro atoms. The fourth-order valence-corrected chi connectivity index (χ4v) is 3.80. The first-order valence-corrected chi connectivity index (χ1v) is 10.9. The van der Waals surface area contributed by atoms with Crippen molar-refractivity contribution in [2.75, 3.05) is 13.7 Å². The van der Waals surface area contributed by atoms with Crippen LogP contribution < -0.4 is 5.32 Å². The van der Waals surface area contributed by atoms with Gasteiger partial charge >= 0.3 is 12.1 Å². The summed E-state index contributed by atoms with van der Waals surface area (Å²) in [5.74, 6) is -0.759. The van der Waals surface area contributed by atoms with E-state index in [0.29, 0.717) is 11.6 Å². The minimum atomic E-state index is -0.653. The molecular weight excluding hydrogens is 477 g/mol. The third-order valence-corrected chi connectivity index (χ3v) is 5.40. The van der Waals surface area contributed by atoms with Gasteiger partial charge in [0.15, 0.2) is 5.69 Å². The predicted octanol–water partition coefficient (Wildman–Crippen LogP) is 5.20. The first-order valence-electron chi connectivity index (χ1n) is 10.6. The van der Waals surface area contributed by atoms with Gasteiger partial charge in [0.05, 0.1) is 17.6 Å². The van der Waals surface area contributed by atoms with Crippen molar-refractivity contribution in [2.24, 2.45) is 0 Å². The molecule has 1 N–H and O–H groups in total. The summed E-state index contributed by atoms with van der Waals surface area (Å²) in [6, 6.07) is 11.9. The van der Waals surface area contributed by atoms with Crippen LogP contribution in [0.15, 0.2) is 65.4 Å². The van der Waals surface area contributed by atoms with Crippen LogP contribution >= 0.6 is 11.6 Å². The van der Waals surface area contributed by atoms with Gasteiger partial charge in [-0.05, 0) is 29.8 Å². The van der Waals surface area contributed by atoms with Crippen molar-refractivity contribution in [2.45, 2.75) is 13.2 Å². The maximum atomic E-state index is 13.2. The van der Waals surface area contributed by atoms with Crippen molar-refractivity contribution in [1.82, 2.24) is 14.9 Å². The molecule has 2 heterocycles. The fourth-order valence-electron chi connectivity index (χ4n) is 3.46. The normalized spacial score (nSPS) is 11.2. The van der Waals surface area contributed by atoms with Crippen molar-refractivity contribution in [3.63, 3.8) is 0 Å². The van der Waals surface area contributed by atoms with Crippen LogP contribution in [0, 0.1) is 5.82 Å². The Morgan fingerprint density at radius 3 is 2.80 bits per heavy atom. The highest BCUT2D eigenvalue weighted by Gasteiger charge is 2.16. The number of carbonyl (C=O) groups is 2. The summed E-state index contributed by atoms with van der Waals surface area (Å²) >= 11 is 6.51. The molecule has 0 saturated heterocycles. The van der Waals surface area contributed by atoms with Crippen molar-refractivity contribution in [1.29, 1.82) is 0 Å². The summed E-state index contributed by atoms with van der Waals surface area (Å²) < 4.78 is 30.3. The summed E-state index contributed by atoms with van der Waals surface area (Å²) in [7, 11) is 1.27. The fraction of sp³-hybridized carbons (Fsp3) is 0.160. The second kappa shape index (κ2) is 10.9. The average Bonchev–Trinajstić information content (AvgIpc) is 3.46. The lowest BCUT2D eigenvalue weighted by atomic mass is 10.1. The lowest BCUT2D eigenvalue weighted by molar-refractivity contribution is 0.0467. The Morgan fingerprint density at radius 1 is 1.23 bits per heavy atom. The highest BCUT2D eigenvalue weighted by Crippen LogP contribution is 2.30. The minimum Gasteiger partial charge on any atom is -0.456 e. The van der Waals surface area contributed by atoms with Crippen molar-refractivity contribution < 1.29 is 27.9 Å². The maximum Gasteiger partial charge on any atom is 0.407 e. The summed E-state index contributed by atoms with van der Waals surface area (Å²) in [5, 5.41) is 3.76. The van der Waals surface area contributed by atoms with Crippen LogP contribution in [0.4, 0.5) is 9.18 Å². The number of hydrogen-bond donors (Lipinski definition) is 1. The van der Waals surface area contributed by atoms with Crippen LogP contribution in [0.25, 0.3) is 17.0 Å². The van der Waals surface area contributed by atoms with Gasteiger partial charge < -0.3 is 23.8 Å². The molecule has 0 radical (unpaired) electrons. The summed E-state index contributed by atoms with van der Waals surface area (Å²) in [6.45, 7) is 0.703. The quantitative estimate of drug-likeness (QED) is 0.336. The molecule has 0 aliphatic rings. The number of aromatic nitrogens is 2. The van der Waals surface area contributed by atoms with Gasteiger partial charge in [-0.3, -0.25) is 0 Å². The van der Waals surface area contributed by atoms with Gasteiger partial charge in [-0.1, -0.05) is 41.9 Å². The molecule has 2 aromatic carbocycles. The summed E-state index contributed by atoms with van der Waals surface area (Å²) in [4.78, 5) is 27.6. The molecule has 1 amide bonds. The molecule has 8 nitrogen and oxygen atoms in total. The Morgan fingerprint density at radius 2 is 2.03 bits per heavy atom. The van der Waals surface area contributed by atoms with E-state index in [1.165, 1.54) is 31.6 Å². The number of esters is 1. The number of ether oxygens (including phenoxy) is 2. The van der Waals surface area contributed by atoms with E-state index < -0.39 is 12.1 Å².